The van der Waals surface area contributed by atoms with E-state index in [2.05, 4.69) is 77.6 Å². The van der Waals surface area contributed by atoms with E-state index in [-0.39, 0.29) is 17.3 Å². The van der Waals surface area contributed by atoms with E-state index in [4.69, 9.17) is 4.74 Å². The Morgan fingerprint density at radius 1 is 0.955 bits per heavy atom. The molecule has 0 radical (unpaired) electrons. The number of amides is 1. The van der Waals surface area contributed by atoms with Crippen LogP contribution in [0.3, 0.4) is 0 Å². The van der Waals surface area contributed by atoms with Crippen LogP contribution in [0, 0.1) is 0 Å². The van der Waals surface area contributed by atoms with Gasteiger partial charge in [-0.05, 0) is 73.4 Å². The van der Waals surface area contributed by atoms with E-state index in [1.807, 2.05) is 56.5 Å². The van der Waals surface area contributed by atoms with Gasteiger partial charge >= 0.3 is 0 Å². The predicted molar refractivity (Wildman–Crippen MR) is 183 cm³/mol. The van der Waals surface area contributed by atoms with Crippen molar-refractivity contribution in [3.63, 3.8) is 0 Å². The molecule has 2 aliphatic rings. The molecule has 0 saturated carbocycles. The molecule has 1 atom stereocenters. The summed E-state index contributed by atoms with van der Waals surface area (Å²) in [6.07, 6.45) is 16.8. The maximum atomic E-state index is 14.0. The van der Waals surface area contributed by atoms with E-state index in [9.17, 15) is 4.79 Å². The molecule has 2 aromatic carbocycles. The fraction of sp³-hybridized carbons (Fsp3) is 0.421. The number of ether oxygens (including phenoxy) is 1. The third-order valence-electron chi connectivity index (χ3n) is 7.54. The van der Waals surface area contributed by atoms with Gasteiger partial charge in [-0.15, -0.1) is 0 Å². The second kappa shape index (κ2) is 21.2. The minimum atomic E-state index is -0.212. The van der Waals surface area contributed by atoms with Crippen molar-refractivity contribution >= 4 is 5.91 Å². The first-order valence-corrected chi connectivity index (χ1v) is 16.0. The number of carbonyl (C=O) groups is 1. The summed E-state index contributed by atoms with van der Waals surface area (Å²) in [7, 11) is 0. The summed E-state index contributed by atoms with van der Waals surface area (Å²) in [5.41, 5.74) is 6.05. The van der Waals surface area contributed by atoms with E-state index in [1.54, 1.807) is 6.20 Å². The number of hydrogen-bond donors (Lipinski definition) is 1. The average Bonchev–Trinajstić information content (AvgIpc) is 3.22. The number of nitrogens with one attached hydrogen (secondary N) is 1. The van der Waals surface area contributed by atoms with Crippen LogP contribution in [0.25, 0.3) is 0 Å². The number of carbonyl (C=O) groups excluding carboxylic acids is 1. The molecule has 1 fully saturated rings. The SMILES string of the molecule is C/C=C\C=C/C.CCC.O.O=C(C1c2ccccc2CCc2ccccc21)N1CCN[C@@H](CCCOCc2cccnc2)C1. The Kier molecular flexibility index (Phi) is 17.6. The lowest BCUT2D eigenvalue weighted by Gasteiger charge is -2.36. The van der Waals surface area contributed by atoms with E-state index < -0.39 is 0 Å². The van der Waals surface area contributed by atoms with Gasteiger partial charge in [0.25, 0.3) is 0 Å². The van der Waals surface area contributed by atoms with Crippen LogP contribution in [-0.2, 0) is 29.0 Å². The first kappa shape index (κ1) is 36.6. The van der Waals surface area contributed by atoms with Gasteiger partial charge in [0.2, 0.25) is 5.91 Å². The van der Waals surface area contributed by atoms with Crippen LogP contribution >= 0.6 is 0 Å². The molecule has 2 heterocycles. The number of allylic oxidation sites excluding steroid dienone is 4. The molecule has 44 heavy (non-hydrogen) atoms. The van der Waals surface area contributed by atoms with Gasteiger partial charge in [0.1, 0.15) is 0 Å². The van der Waals surface area contributed by atoms with Gasteiger partial charge in [-0.25, -0.2) is 0 Å². The third kappa shape index (κ3) is 11.5. The quantitative estimate of drug-likeness (QED) is 0.227. The van der Waals surface area contributed by atoms with Crippen molar-refractivity contribution in [2.45, 2.75) is 78.4 Å². The molecule has 0 unspecified atom stereocenters. The lowest BCUT2D eigenvalue weighted by Crippen LogP contribution is -2.53. The summed E-state index contributed by atoms with van der Waals surface area (Å²) in [5.74, 6) is 0.0255. The highest BCUT2D eigenvalue weighted by Gasteiger charge is 2.34. The van der Waals surface area contributed by atoms with Crippen molar-refractivity contribution in [1.29, 1.82) is 0 Å². The summed E-state index contributed by atoms with van der Waals surface area (Å²) < 4.78 is 5.82. The first-order valence-electron chi connectivity index (χ1n) is 16.0. The largest absolute Gasteiger partial charge is 0.412 e. The van der Waals surface area contributed by atoms with Gasteiger partial charge < -0.3 is 20.4 Å². The van der Waals surface area contributed by atoms with Crippen molar-refractivity contribution in [2.24, 2.45) is 0 Å². The standard InChI is InChI=1S/C29H33N3O2.C6H10.C3H8.H2O/c33-29(28-26-11-3-1-8-23(26)13-14-24-9-2-4-12-27(24)28)32-17-16-31-25(20-32)10-6-18-34-21-22-7-5-15-30-19-22;1-3-5-6-4-2;1-3-2;/h1-5,7-9,11-12,15,19,25,28,31H,6,10,13-14,16-18,20-21H2;3-6H,1-2H3;3H2,1-2H3;1H2/b;5-3-,6-4-;;/t25-;;;/m0.../s1. The summed E-state index contributed by atoms with van der Waals surface area (Å²) in [6, 6.07) is 21.3. The van der Waals surface area contributed by atoms with Gasteiger partial charge in [-0.1, -0.05) is 99.2 Å². The number of nitrogens with zero attached hydrogens (tertiary/aromatic N) is 2. The molecule has 1 saturated heterocycles. The number of benzene rings is 2. The van der Waals surface area contributed by atoms with Crippen molar-refractivity contribution in [1.82, 2.24) is 15.2 Å². The van der Waals surface area contributed by atoms with E-state index in [0.29, 0.717) is 19.3 Å². The van der Waals surface area contributed by atoms with Gasteiger partial charge in [0.05, 0.1) is 12.5 Å². The first-order chi connectivity index (χ1) is 21.1. The highest BCUT2D eigenvalue weighted by Crippen LogP contribution is 2.35. The molecule has 6 nitrogen and oxygen atoms in total. The van der Waals surface area contributed by atoms with Crippen molar-refractivity contribution < 1.29 is 15.0 Å². The summed E-state index contributed by atoms with van der Waals surface area (Å²) in [5, 5.41) is 3.61. The predicted octanol–water partition coefficient (Wildman–Crippen LogP) is 6.84. The second-order valence-electron chi connectivity index (χ2n) is 11.1. The summed E-state index contributed by atoms with van der Waals surface area (Å²) >= 11 is 0. The molecule has 5 rings (SSSR count). The summed E-state index contributed by atoms with van der Waals surface area (Å²) in [6.45, 7) is 11.9. The fourth-order valence-electron chi connectivity index (χ4n) is 5.52. The van der Waals surface area contributed by atoms with E-state index >= 15 is 0 Å². The number of hydrogen-bond acceptors (Lipinski definition) is 4. The van der Waals surface area contributed by atoms with Crippen LogP contribution in [0.5, 0.6) is 0 Å². The molecule has 3 aromatic rings. The molecule has 0 spiro atoms. The Hall–Kier alpha value is -3.58. The molecule has 1 aromatic heterocycles. The normalized spacial score (nSPS) is 16.0. The highest BCUT2D eigenvalue weighted by molar-refractivity contribution is 5.88. The Morgan fingerprint density at radius 3 is 2.14 bits per heavy atom. The van der Waals surface area contributed by atoms with Crippen LogP contribution in [0.1, 0.15) is 80.7 Å². The van der Waals surface area contributed by atoms with Crippen LogP contribution in [0.2, 0.25) is 0 Å². The molecular weight excluding hydrogens is 546 g/mol. The Bertz CT molecular complexity index is 1220. The monoisotopic (exact) mass is 599 g/mol. The number of piperazine rings is 1. The number of fused-ring (bicyclic) bond motifs is 2. The molecule has 1 aliphatic carbocycles. The van der Waals surface area contributed by atoms with Gasteiger partial charge in [-0.2, -0.15) is 0 Å². The van der Waals surface area contributed by atoms with E-state index in [0.717, 1.165) is 50.9 Å². The van der Waals surface area contributed by atoms with Crippen molar-refractivity contribution in [3.05, 3.63) is 125 Å². The molecule has 6 heteroatoms. The van der Waals surface area contributed by atoms with Crippen LogP contribution in [-0.4, -0.2) is 53.6 Å². The number of pyridine rings is 1. The van der Waals surface area contributed by atoms with Gasteiger partial charge in [0.15, 0.2) is 0 Å². The number of aryl methyl sites for hydroxylation is 2. The van der Waals surface area contributed by atoms with Crippen LogP contribution < -0.4 is 5.32 Å². The topological polar surface area (TPSA) is 86.0 Å². The molecule has 1 aliphatic heterocycles. The lowest BCUT2D eigenvalue weighted by molar-refractivity contribution is -0.133. The van der Waals surface area contributed by atoms with Crippen LogP contribution in [0.4, 0.5) is 0 Å². The summed E-state index contributed by atoms with van der Waals surface area (Å²) in [4.78, 5) is 20.2. The van der Waals surface area contributed by atoms with Crippen molar-refractivity contribution in [3.8, 4) is 0 Å². The number of aromatic nitrogens is 1. The Morgan fingerprint density at radius 2 is 1.57 bits per heavy atom. The fourth-order valence-corrected chi connectivity index (χ4v) is 5.52. The van der Waals surface area contributed by atoms with Crippen LogP contribution in [0.15, 0.2) is 97.4 Å². The average molecular weight is 600 g/mol. The minimum absolute atomic E-state index is 0. The smallest absolute Gasteiger partial charge is 0.234 e. The number of rotatable bonds is 8. The maximum Gasteiger partial charge on any atom is 0.234 e. The maximum absolute atomic E-state index is 14.0. The molecule has 3 N–H and O–H groups in total. The van der Waals surface area contributed by atoms with Crippen molar-refractivity contribution in [2.75, 3.05) is 26.2 Å². The Balaban J connectivity index is 0.000000597. The lowest BCUT2D eigenvalue weighted by atomic mass is 9.86. The highest BCUT2D eigenvalue weighted by atomic mass is 16.5. The Labute approximate surface area is 265 Å². The molecule has 238 valence electrons. The zero-order chi connectivity index (χ0) is 30.7. The zero-order valence-electron chi connectivity index (χ0n) is 27.2. The molecule has 0 bridgehead atoms. The van der Waals surface area contributed by atoms with Gasteiger partial charge in [-0.3, -0.25) is 9.78 Å². The minimum Gasteiger partial charge on any atom is -0.412 e. The molecule has 1 amide bonds. The van der Waals surface area contributed by atoms with E-state index in [1.165, 1.54) is 28.7 Å². The second-order valence-corrected chi connectivity index (χ2v) is 11.1. The zero-order valence-corrected chi connectivity index (χ0v) is 27.2. The third-order valence-corrected chi connectivity index (χ3v) is 7.54. The van der Waals surface area contributed by atoms with Gasteiger partial charge in [0, 0.05) is 44.7 Å². The molecular formula is C38H53N3O3.